The minimum absolute atomic E-state index is 0.293. The zero-order valence-electron chi connectivity index (χ0n) is 17.9. The van der Waals surface area contributed by atoms with Crippen LogP contribution in [0.15, 0.2) is 36.4 Å². The fourth-order valence-corrected chi connectivity index (χ4v) is 2.59. The van der Waals surface area contributed by atoms with E-state index in [1.54, 1.807) is 77.9 Å². The Balaban J connectivity index is 1.72. The molecular weight excluding hydrogens is 390 g/mol. The quantitative estimate of drug-likeness (QED) is 0.359. The van der Waals surface area contributed by atoms with Crippen molar-refractivity contribution in [2.24, 2.45) is 0 Å². The monoisotopic (exact) mass is 416 g/mol. The van der Waals surface area contributed by atoms with Crippen molar-refractivity contribution in [1.29, 1.82) is 0 Å². The van der Waals surface area contributed by atoms with Crippen LogP contribution in [0.5, 0.6) is 23.0 Å². The molecule has 1 heterocycles. The van der Waals surface area contributed by atoms with Crippen molar-refractivity contribution in [3.8, 4) is 23.0 Å². The van der Waals surface area contributed by atoms with Gasteiger partial charge in [-0.05, 0) is 53.7 Å². The highest BCUT2D eigenvalue weighted by atomic mass is 16.7. The summed E-state index contributed by atoms with van der Waals surface area (Å²) in [6.45, 7) is 10.5. The number of hydrogen-bond donors (Lipinski definition) is 1. The highest BCUT2D eigenvalue weighted by Crippen LogP contribution is 2.39. The van der Waals surface area contributed by atoms with Crippen LogP contribution in [0.3, 0.4) is 0 Å². The summed E-state index contributed by atoms with van der Waals surface area (Å²) >= 11 is 0. The minimum Gasteiger partial charge on any atom is -0.445 e. The molecule has 0 radical (unpaired) electrons. The van der Waals surface area contributed by atoms with Gasteiger partial charge in [-0.25, -0.2) is 9.59 Å². The molecule has 0 unspecified atom stereocenters. The van der Waals surface area contributed by atoms with Crippen molar-refractivity contribution in [1.82, 2.24) is 0 Å². The maximum Gasteiger partial charge on any atom is 0.514 e. The maximum atomic E-state index is 11.9. The number of carbonyl (C=O) groups excluding carboxylic acids is 2. The van der Waals surface area contributed by atoms with Gasteiger partial charge in [-0.3, -0.25) is 5.32 Å². The SMILES string of the molecule is CC(C)(C)OC(=O)Oc1ccc2c(c1)Oc1cc(OC(=O)OC(C)(C)C)ccc1[NH2+]2. The van der Waals surface area contributed by atoms with Crippen LogP contribution in [0, 0.1) is 0 Å². The number of benzene rings is 2. The number of rotatable bonds is 2. The van der Waals surface area contributed by atoms with Gasteiger partial charge < -0.3 is 23.7 Å². The van der Waals surface area contributed by atoms with E-state index < -0.39 is 23.5 Å². The molecule has 0 saturated heterocycles. The van der Waals surface area contributed by atoms with Crippen LogP contribution in [-0.4, -0.2) is 23.5 Å². The van der Waals surface area contributed by atoms with Crippen molar-refractivity contribution >= 4 is 23.7 Å². The summed E-state index contributed by atoms with van der Waals surface area (Å²) in [6, 6.07) is 10.1. The van der Waals surface area contributed by atoms with E-state index in [1.165, 1.54) is 0 Å². The number of hydrogen-bond acceptors (Lipinski definition) is 7. The van der Waals surface area contributed by atoms with E-state index in [9.17, 15) is 9.59 Å². The van der Waals surface area contributed by atoms with Crippen molar-refractivity contribution in [3.63, 3.8) is 0 Å². The third-order valence-corrected chi connectivity index (χ3v) is 3.68. The summed E-state index contributed by atoms with van der Waals surface area (Å²) in [5, 5.41) is 1.92. The summed E-state index contributed by atoms with van der Waals surface area (Å²) < 4.78 is 26.7. The van der Waals surface area contributed by atoms with E-state index in [1.807, 2.05) is 5.32 Å². The van der Waals surface area contributed by atoms with Crippen LogP contribution in [-0.2, 0) is 9.47 Å². The Morgan fingerprint density at radius 1 is 0.733 bits per heavy atom. The van der Waals surface area contributed by atoms with E-state index in [-0.39, 0.29) is 0 Å². The Labute approximate surface area is 175 Å². The van der Waals surface area contributed by atoms with Crippen LogP contribution in [0.25, 0.3) is 0 Å². The molecule has 2 N–H and O–H groups in total. The fraction of sp³-hybridized carbons (Fsp3) is 0.364. The van der Waals surface area contributed by atoms with Gasteiger partial charge in [-0.2, -0.15) is 0 Å². The van der Waals surface area contributed by atoms with Gasteiger partial charge in [0.25, 0.3) is 0 Å². The van der Waals surface area contributed by atoms with Crippen LogP contribution >= 0.6 is 0 Å². The van der Waals surface area contributed by atoms with E-state index in [4.69, 9.17) is 23.7 Å². The topological polar surface area (TPSA) is 96.9 Å². The number of nitrogens with two attached hydrogens (primary N) is 1. The molecule has 2 aromatic carbocycles. The third-order valence-electron chi connectivity index (χ3n) is 3.68. The van der Waals surface area contributed by atoms with Gasteiger partial charge in [0, 0.05) is 24.3 Å². The molecule has 1 aliphatic heterocycles. The van der Waals surface area contributed by atoms with Gasteiger partial charge in [0.2, 0.25) is 0 Å². The molecule has 0 fully saturated rings. The Hall–Kier alpha value is -3.26. The van der Waals surface area contributed by atoms with Crippen molar-refractivity contribution < 1.29 is 38.6 Å². The summed E-state index contributed by atoms with van der Waals surface area (Å²) in [7, 11) is 0. The minimum atomic E-state index is -0.796. The van der Waals surface area contributed by atoms with Crippen LogP contribution in [0.1, 0.15) is 41.5 Å². The largest absolute Gasteiger partial charge is 0.514 e. The molecule has 0 spiro atoms. The van der Waals surface area contributed by atoms with Gasteiger partial charge >= 0.3 is 12.3 Å². The van der Waals surface area contributed by atoms with Gasteiger partial charge in [-0.15, -0.1) is 0 Å². The average Bonchev–Trinajstić information content (AvgIpc) is 2.56. The van der Waals surface area contributed by atoms with Crippen molar-refractivity contribution in [3.05, 3.63) is 36.4 Å². The fourth-order valence-electron chi connectivity index (χ4n) is 2.59. The summed E-state index contributed by atoms with van der Waals surface area (Å²) in [4.78, 5) is 23.8. The summed E-state index contributed by atoms with van der Waals surface area (Å²) in [5.74, 6) is 1.58. The Morgan fingerprint density at radius 2 is 1.13 bits per heavy atom. The first-order chi connectivity index (χ1) is 13.9. The predicted octanol–water partition coefficient (Wildman–Crippen LogP) is 4.95. The van der Waals surface area contributed by atoms with Crippen molar-refractivity contribution in [2.75, 3.05) is 0 Å². The molecule has 1 aliphatic rings. The molecule has 30 heavy (non-hydrogen) atoms. The molecule has 8 heteroatoms. The van der Waals surface area contributed by atoms with Gasteiger partial charge in [0.1, 0.15) is 22.7 Å². The second-order valence-electron chi connectivity index (χ2n) is 8.78. The van der Waals surface area contributed by atoms with Gasteiger partial charge in [0.05, 0.1) is 0 Å². The average molecular weight is 416 g/mol. The third kappa shape index (κ3) is 5.87. The lowest BCUT2D eigenvalue weighted by atomic mass is 10.2. The van der Waals surface area contributed by atoms with E-state index >= 15 is 0 Å². The van der Waals surface area contributed by atoms with Gasteiger partial charge in [-0.1, -0.05) is 0 Å². The van der Waals surface area contributed by atoms with Crippen molar-refractivity contribution in [2.45, 2.75) is 52.7 Å². The van der Waals surface area contributed by atoms with Gasteiger partial charge in [0.15, 0.2) is 22.9 Å². The van der Waals surface area contributed by atoms with E-state index in [0.29, 0.717) is 23.0 Å². The molecule has 0 amide bonds. The molecule has 0 atom stereocenters. The number of carbonyl (C=O) groups is 2. The van der Waals surface area contributed by atoms with Crippen LogP contribution in [0.4, 0.5) is 21.0 Å². The van der Waals surface area contributed by atoms with E-state index in [0.717, 1.165) is 11.4 Å². The Kier molecular flexibility index (Phi) is 5.63. The first kappa shape index (κ1) is 21.4. The lowest BCUT2D eigenvalue weighted by molar-refractivity contribution is -0.483. The van der Waals surface area contributed by atoms with E-state index in [2.05, 4.69) is 0 Å². The molecule has 0 saturated carbocycles. The zero-order chi connectivity index (χ0) is 22.1. The normalized spacial score (nSPS) is 12.7. The Bertz CT molecular complexity index is 893. The summed E-state index contributed by atoms with van der Waals surface area (Å²) in [6.07, 6.45) is -1.59. The number of ether oxygens (including phenoxy) is 5. The number of fused-ring (bicyclic) bond motifs is 2. The molecule has 0 aliphatic carbocycles. The molecule has 2 aromatic rings. The predicted molar refractivity (Wildman–Crippen MR) is 108 cm³/mol. The Morgan fingerprint density at radius 3 is 1.50 bits per heavy atom. The molecular formula is C22H26NO7+. The first-order valence-electron chi connectivity index (χ1n) is 9.50. The summed E-state index contributed by atoms with van der Waals surface area (Å²) in [5.41, 5.74) is 0.331. The highest BCUT2D eigenvalue weighted by molar-refractivity contribution is 5.68. The second-order valence-corrected chi connectivity index (χ2v) is 8.78. The standard InChI is InChI=1S/C22H25NO7/c1-21(2,3)29-19(24)26-13-7-9-15-17(11-13)28-18-12-14(8-10-16(18)23-15)27-20(25)30-22(4,5)6/h7-12,23H,1-6H3/p+1. The molecule has 160 valence electrons. The van der Waals surface area contributed by atoms with Crippen LogP contribution < -0.4 is 19.5 Å². The molecule has 0 aromatic heterocycles. The first-order valence-corrected chi connectivity index (χ1v) is 9.50. The second kappa shape index (κ2) is 7.87. The molecule has 3 rings (SSSR count). The molecule has 8 nitrogen and oxygen atoms in total. The number of quaternary nitrogens is 1. The lowest BCUT2D eigenvalue weighted by Crippen LogP contribution is -2.72. The zero-order valence-corrected chi connectivity index (χ0v) is 17.9. The highest BCUT2D eigenvalue weighted by Gasteiger charge is 2.25. The maximum absolute atomic E-state index is 11.9. The molecule has 0 bridgehead atoms. The van der Waals surface area contributed by atoms with Crippen LogP contribution in [0.2, 0.25) is 0 Å². The smallest absolute Gasteiger partial charge is 0.445 e. The lowest BCUT2D eigenvalue weighted by Gasteiger charge is -2.21.